The summed E-state index contributed by atoms with van der Waals surface area (Å²) in [7, 11) is 1.90. The molecule has 104 valence electrons. The van der Waals surface area contributed by atoms with E-state index in [1.54, 1.807) is 6.07 Å². The molecule has 4 nitrogen and oxygen atoms in total. The quantitative estimate of drug-likeness (QED) is 0.910. The van der Waals surface area contributed by atoms with Gasteiger partial charge in [0.2, 0.25) is 0 Å². The fourth-order valence-corrected chi connectivity index (χ4v) is 2.75. The number of pyridine rings is 1. The van der Waals surface area contributed by atoms with Gasteiger partial charge in [-0.25, -0.2) is 4.98 Å². The van der Waals surface area contributed by atoms with Crippen molar-refractivity contribution in [1.29, 1.82) is 0 Å². The number of anilines is 1. The Kier molecular flexibility index (Phi) is 4.40. The van der Waals surface area contributed by atoms with Crippen LogP contribution in [0.2, 0.25) is 0 Å². The lowest BCUT2D eigenvalue weighted by molar-refractivity contribution is 0.0696. The van der Waals surface area contributed by atoms with Gasteiger partial charge in [-0.05, 0) is 31.4 Å². The number of hydrogen-bond donors (Lipinski definition) is 1. The van der Waals surface area contributed by atoms with Crippen molar-refractivity contribution in [1.82, 2.24) is 9.88 Å². The molecule has 0 saturated heterocycles. The summed E-state index contributed by atoms with van der Waals surface area (Å²) in [4.78, 5) is 18.6. The molecule has 19 heavy (non-hydrogen) atoms. The largest absolute Gasteiger partial charge is 0.384 e. The number of nitrogens with two attached hydrogens (primary N) is 1. The van der Waals surface area contributed by atoms with Crippen LogP contribution in [0.3, 0.4) is 0 Å². The van der Waals surface area contributed by atoms with Crippen molar-refractivity contribution in [3.63, 3.8) is 0 Å². The Morgan fingerprint density at radius 1 is 1.37 bits per heavy atom. The number of rotatable bonds is 3. The maximum Gasteiger partial charge on any atom is 0.254 e. The Labute approximate surface area is 115 Å². The van der Waals surface area contributed by atoms with Crippen LogP contribution in [0.15, 0.2) is 12.1 Å². The topological polar surface area (TPSA) is 59.2 Å². The summed E-state index contributed by atoms with van der Waals surface area (Å²) >= 11 is 0. The SMILES string of the molecule is CCc1cc(C(=O)N(C)C2CCCCC2)cc(N)n1. The third kappa shape index (κ3) is 3.25. The van der Waals surface area contributed by atoms with Crippen LogP contribution in [0.5, 0.6) is 0 Å². The number of nitrogen functional groups attached to an aromatic ring is 1. The summed E-state index contributed by atoms with van der Waals surface area (Å²) in [5, 5.41) is 0. The summed E-state index contributed by atoms with van der Waals surface area (Å²) in [6, 6.07) is 3.92. The van der Waals surface area contributed by atoms with Crippen molar-refractivity contribution in [3.8, 4) is 0 Å². The molecule has 1 aromatic heterocycles. The van der Waals surface area contributed by atoms with E-state index in [9.17, 15) is 4.79 Å². The van der Waals surface area contributed by atoms with Crippen LogP contribution in [-0.2, 0) is 6.42 Å². The average Bonchev–Trinajstić information content (AvgIpc) is 2.46. The van der Waals surface area contributed by atoms with Crippen molar-refractivity contribution in [2.45, 2.75) is 51.5 Å². The molecule has 2 N–H and O–H groups in total. The van der Waals surface area contributed by atoms with Gasteiger partial charge in [0, 0.05) is 24.3 Å². The van der Waals surface area contributed by atoms with Gasteiger partial charge in [0.25, 0.3) is 5.91 Å². The Bertz CT molecular complexity index is 453. The number of carbonyl (C=O) groups excluding carboxylic acids is 1. The summed E-state index contributed by atoms with van der Waals surface area (Å²) in [5.74, 6) is 0.496. The first-order valence-corrected chi connectivity index (χ1v) is 7.15. The fourth-order valence-electron chi connectivity index (χ4n) is 2.75. The van der Waals surface area contributed by atoms with Crippen molar-refractivity contribution < 1.29 is 4.79 Å². The van der Waals surface area contributed by atoms with E-state index in [1.807, 2.05) is 24.9 Å². The normalized spacial score (nSPS) is 16.3. The van der Waals surface area contributed by atoms with Gasteiger partial charge in [0.15, 0.2) is 0 Å². The zero-order valence-electron chi connectivity index (χ0n) is 11.9. The third-order valence-corrected chi connectivity index (χ3v) is 3.95. The van der Waals surface area contributed by atoms with Gasteiger partial charge >= 0.3 is 0 Å². The van der Waals surface area contributed by atoms with Crippen molar-refractivity contribution in [2.24, 2.45) is 0 Å². The lowest BCUT2D eigenvalue weighted by atomic mass is 9.94. The molecule has 1 saturated carbocycles. The number of hydrogen-bond acceptors (Lipinski definition) is 3. The predicted octanol–water partition coefficient (Wildman–Crippen LogP) is 2.63. The molecule has 0 bridgehead atoms. The van der Waals surface area contributed by atoms with Crippen LogP contribution >= 0.6 is 0 Å². The summed E-state index contributed by atoms with van der Waals surface area (Å²) in [6.07, 6.45) is 6.76. The zero-order valence-corrected chi connectivity index (χ0v) is 11.9. The Hall–Kier alpha value is -1.58. The molecule has 1 aliphatic carbocycles. The van der Waals surface area contributed by atoms with Gasteiger partial charge < -0.3 is 10.6 Å². The van der Waals surface area contributed by atoms with E-state index in [0.29, 0.717) is 17.4 Å². The first-order valence-electron chi connectivity index (χ1n) is 7.15. The lowest BCUT2D eigenvalue weighted by Gasteiger charge is -2.31. The second-order valence-electron chi connectivity index (χ2n) is 5.33. The van der Waals surface area contributed by atoms with E-state index in [0.717, 1.165) is 25.0 Å². The molecule has 1 aliphatic rings. The van der Waals surface area contributed by atoms with Crippen LogP contribution in [0.1, 0.15) is 55.1 Å². The number of aryl methyl sites for hydroxylation is 1. The molecule has 0 radical (unpaired) electrons. The first kappa shape index (κ1) is 13.8. The minimum atomic E-state index is 0.0655. The number of nitrogens with zero attached hydrogens (tertiary/aromatic N) is 2. The number of carbonyl (C=O) groups is 1. The van der Waals surface area contributed by atoms with Crippen molar-refractivity contribution >= 4 is 11.7 Å². The monoisotopic (exact) mass is 261 g/mol. The highest BCUT2D eigenvalue weighted by atomic mass is 16.2. The van der Waals surface area contributed by atoms with Gasteiger partial charge in [-0.15, -0.1) is 0 Å². The van der Waals surface area contributed by atoms with Crippen molar-refractivity contribution in [2.75, 3.05) is 12.8 Å². The molecule has 0 atom stereocenters. The molecule has 1 aromatic rings. The minimum Gasteiger partial charge on any atom is -0.384 e. The second kappa shape index (κ2) is 6.04. The molecule has 0 aliphatic heterocycles. The second-order valence-corrected chi connectivity index (χ2v) is 5.33. The fraction of sp³-hybridized carbons (Fsp3) is 0.600. The van der Waals surface area contributed by atoms with Crippen LogP contribution in [-0.4, -0.2) is 28.9 Å². The number of amides is 1. The molecule has 1 heterocycles. The molecule has 4 heteroatoms. The van der Waals surface area contributed by atoms with E-state index in [2.05, 4.69) is 4.98 Å². The Morgan fingerprint density at radius 2 is 2.05 bits per heavy atom. The average molecular weight is 261 g/mol. The van der Waals surface area contributed by atoms with Crippen LogP contribution < -0.4 is 5.73 Å². The van der Waals surface area contributed by atoms with Gasteiger partial charge in [-0.3, -0.25) is 4.79 Å². The molecular weight excluding hydrogens is 238 g/mol. The standard InChI is InChI=1S/C15H23N3O/c1-3-12-9-11(10-14(16)17-12)15(19)18(2)13-7-5-4-6-8-13/h9-10,13H,3-8H2,1-2H3,(H2,16,17). The molecule has 1 amide bonds. The van der Waals surface area contributed by atoms with Crippen molar-refractivity contribution in [3.05, 3.63) is 23.4 Å². The van der Waals surface area contributed by atoms with Gasteiger partial charge in [-0.1, -0.05) is 26.2 Å². The summed E-state index contributed by atoms with van der Waals surface area (Å²) < 4.78 is 0. The minimum absolute atomic E-state index is 0.0655. The van der Waals surface area contributed by atoms with Crippen LogP contribution in [0.4, 0.5) is 5.82 Å². The lowest BCUT2D eigenvalue weighted by Crippen LogP contribution is -2.38. The summed E-state index contributed by atoms with van der Waals surface area (Å²) in [6.45, 7) is 2.01. The van der Waals surface area contributed by atoms with E-state index in [-0.39, 0.29) is 5.91 Å². The highest BCUT2D eigenvalue weighted by molar-refractivity contribution is 5.95. The van der Waals surface area contributed by atoms with Crippen LogP contribution in [0, 0.1) is 0 Å². The molecule has 1 fully saturated rings. The predicted molar refractivity (Wildman–Crippen MR) is 77.0 cm³/mol. The van der Waals surface area contributed by atoms with E-state index in [4.69, 9.17) is 5.73 Å². The first-order chi connectivity index (χ1) is 9.11. The highest BCUT2D eigenvalue weighted by Crippen LogP contribution is 2.23. The van der Waals surface area contributed by atoms with Gasteiger partial charge in [0.1, 0.15) is 5.82 Å². The zero-order chi connectivity index (χ0) is 13.8. The highest BCUT2D eigenvalue weighted by Gasteiger charge is 2.23. The smallest absolute Gasteiger partial charge is 0.254 e. The van der Waals surface area contributed by atoms with E-state index in [1.165, 1.54) is 19.3 Å². The van der Waals surface area contributed by atoms with Gasteiger partial charge in [0.05, 0.1) is 0 Å². The molecule has 0 spiro atoms. The maximum atomic E-state index is 12.5. The van der Waals surface area contributed by atoms with E-state index >= 15 is 0 Å². The molecule has 0 aromatic carbocycles. The summed E-state index contributed by atoms with van der Waals surface area (Å²) in [5.41, 5.74) is 7.31. The Morgan fingerprint density at radius 3 is 2.68 bits per heavy atom. The Balaban J connectivity index is 2.15. The van der Waals surface area contributed by atoms with E-state index < -0.39 is 0 Å². The molecular formula is C15H23N3O. The van der Waals surface area contributed by atoms with Crippen LogP contribution in [0.25, 0.3) is 0 Å². The maximum absolute atomic E-state index is 12.5. The van der Waals surface area contributed by atoms with Gasteiger partial charge in [-0.2, -0.15) is 0 Å². The molecule has 2 rings (SSSR count). The number of aromatic nitrogens is 1. The molecule has 0 unspecified atom stereocenters. The third-order valence-electron chi connectivity index (χ3n) is 3.95.